The fraction of sp³-hybridized carbons (Fsp3) is 0.0357. The van der Waals surface area contributed by atoms with E-state index in [1.807, 2.05) is 0 Å². The highest BCUT2D eigenvalue weighted by Gasteiger charge is 2.09. The van der Waals surface area contributed by atoms with Crippen LogP contribution in [0.25, 0.3) is 58.4 Å². The van der Waals surface area contributed by atoms with Gasteiger partial charge in [0, 0.05) is 0 Å². The second-order valence-electron chi connectivity index (χ2n) is 14.3. The van der Waals surface area contributed by atoms with Gasteiger partial charge in [-0.2, -0.15) is 0 Å². The number of hydrogen-bond acceptors (Lipinski definition) is 0. The van der Waals surface area contributed by atoms with Crippen LogP contribution in [-0.2, 0) is 0 Å². The fourth-order valence-electron chi connectivity index (χ4n) is 7.34. The first kappa shape index (κ1) is 36.0. The van der Waals surface area contributed by atoms with E-state index >= 15 is 0 Å². The lowest BCUT2D eigenvalue weighted by Crippen LogP contribution is -1.91. The van der Waals surface area contributed by atoms with Crippen LogP contribution in [0.1, 0.15) is 66.8 Å². The summed E-state index contributed by atoms with van der Waals surface area (Å²) in [6.45, 7) is 4.36. The van der Waals surface area contributed by atoms with Crippen LogP contribution in [0.15, 0.2) is 194 Å². The van der Waals surface area contributed by atoms with Gasteiger partial charge in [0.2, 0.25) is 0 Å². The Labute approximate surface area is 331 Å². The molecule has 0 atom stereocenters. The van der Waals surface area contributed by atoms with Gasteiger partial charge < -0.3 is 0 Å². The van der Waals surface area contributed by atoms with Crippen molar-refractivity contribution in [2.75, 3.05) is 0 Å². The molecule has 0 fully saturated rings. The van der Waals surface area contributed by atoms with Crippen LogP contribution >= 0.6 is 0 Å². The Morgan fingerprint density at radius 2 is 0.750 bits per heavy atom. The molecular formula is C56H44. The predicted molar refractivity (Wildman–Crippen MR) is 244 cm³/mol. The first-order chi connectivity index (χ1) is 27.6. The van der Waals surface area contributed by atoms with E-state index in [0.717, 1.165) is 11.1 Å². The molecule has 0 unspecified atom stereocenters. The van der Waals surface area contributed by atoms with Crippen molar-refractivity contribution in [3.63, 3.8) is 0 Å². The third-order valence-electron chi connectivity index (χ3n) is 10.4. The minimum Gasteiger partial charge on any atom is -0.0622 e. The summed E-state index contributed by atoms with van der Waals surface area (Å²) in [5.41, 5.74) is 17.0. The average molecular weight is 717 g/mol. The number of benzene rings is 8. The smallest absolute Gasteiger partial charge is 0.0103 e. The van der Waals surface area contributed by atoms with Crippen LogP contribution in [0.5, 0.6) is 0 Å². The molecule has 0 spiro atoms. The van der Waals surface area contributed by atoms with Crippen molar-refractivity contribution in [3.8, 4) is 0 Å². The summed E-state index contributed by atoms with van der Waals surface area (Å²) in [5, 5.41) is 2.47. The Kier molecular flexibility index (Phi) is 10.9. The van der Waals surface area contributed by atoms with Gasteiger partial charge in [0.15, 0.2) is 0 Å². The van der Waals surface area contributed by atoms with Gasteiger partial charge in [-0.05, 0) is 127 Å². The number of rotatable bonds is 10. The first-order valence-electron chi connectivity index (χ1n) is 19.3. The molecule has 0 aromatic heterocycles. The van der Waals surface area contributed by atoms with E-state index in [9.17, 15) is 0 Å². The van der Waals surface area contributed by atoms with E-state index in [2.05, 4.69) is 244 Å². The van der Waals surface area contributed by atoms with Gasteiger partial charge in [0.25, 0.3) is 0 Å². The quantitative estimate of drug-likeness (QED) is 0.124. The number of aryl methyl sites for hydroxylation is 2. The minimum atomic E-state index is 1.16. The maximum Gasteiger partial charge on any atom is -0.0103 e. The Morgan fingerprint density at radius 1 is 0.339 bits per heavy atom. The topological polar surface area (TPSA) is 0 Å². The number of hydrogen-bond donors (Lipinski definition) is 0. The SMILES string of the molecule is Cc1ccccc1/C(=C/c1ccc(/C=C\c2cc(/C=C\c3ccc(/C=C(\c4ccccc4)c4ccccc4C)cc3)c3ccccc3c2)cc1)c1ccccc1. The molecule has 0 radical (unpaired) electrons. The molecule has 56 heavy (non-hydrogen) atoms. The molecule has 0 N–H and O–H groups in total. The zero-order chi connectivity index (χ0) is 38.1. The van der Waals surface area contributed by atoms with Gasteiger partial charge in [-0.15, -0.1) is 0 Å². The van der Waals surface area contributed by atoms with Gasteiger partial charge in [-0.25, -0.2) is 0 Å². The summed E-state index contributed by atoms with van der Waals surface area (Å²) in [6.07, 6.45) is 13.5. The lowest BCUT2D eigenvalue weighted by atomic mass is 9.92. The third kappa shape index (κ3) is 8.52. The number of fused-ring (bicyclic) bond motifs is 1. The molecule has 0 amide bonds. The molecule has 0 nitrogen and oxygen atoms in total. The second-order valence-corrected chi connectivity index (χ2v) is 14.3. The standard InChI is InChI=1S/C56H44/c1-41-15-9-12-22-52(41)55(48-17-5-3-6-18-48)39-45-30-25-43(26-31-45)29-34-47-37-50-21-11-14-24-54(50)51(38-47)36-35-44-27-32-46(33-28-44)40-56(49-19-7-4-8-20-49)53-23-13-10-16-42(53)2/h3-40H,1-2H3/b34-29-,36-35-,55-39+,56-40+. The van der Waals surface area contributed by atoms with Crippen molar-refractivity contribution in [2.45, 2.75) is 13.8 Å². The van der Waals surface area contributed by atoms with Crippen LogP contribution in [0.4, 0.5) is 0 Å². The maximum absolute atomic E-state index is 2.30. The molecule has 268 valence electrons. The van der Waals surface area contributed by atoms with Crippen molar-refractivity contribution in [1.82, 2.24) is 0 Å². The Hall–Kier alpha value is -7.02. The highest BCUT2D eigenvalue weighted by atomic mass is 14.1. The fourth-order valence-corrected chi connectivity index (χ4v) is 7.34. The largest absolute Gasteiger partial charge is 0.0622 e. The molecule has 0 bridgehead atoms. The van der Waals surface area contributed by atoms with Crippen LogP contribution in [-0.4, -0.2) is 0 Å². The van der Waals surface area contributed by atoms with Crippen molar-refractivity contribution in [1.29, 1.82) is 0 Å². The van der Waals surface area contributed by atoms with Gasteiger partial charge in [0.05, 0.1) is 0 Å². The second kappa shape index (κ2) is 17.0. The van der Waals surface area contributed by atoms with Crippen molar-refractivity contribution >= 4 is 58.4 Å². The molecule has 8 aromatic carbocycles. The lowest BCUT2D eigenvalue weighted by Gasteiger charge is -2.12. The third-order valence-corrected chi connectivity index (χ3v) is 10.4. The van der Waals surface area contributed by atoms with E-state index in [1.165, 1.54) is 77.6 Å². The molecule has 0 aliphatic heterocycles. The Bertz CT molecular complexity index is 2700. The zero-order valence-corrected chi connectivity index (χ0v) is 31.9. The molecule has 0 aliphatic rings. The zero-order valence-electron chi connectivity index (χ0n) is 31.9. The van der Waals surface area contributed by atoms with E-state index in [-0.39, 0.29) is 0 Å². The van der Waals surface area contributed by atoms with Crippen LogP contribution in [0.2, 0.25) is 0 Å². The van der Waals surface area contributed by atoms with Crippen LogP contribution in [0, 0.1) is 13.8 Å². The van der Waals surface area contributed by atoms with Crippen molar-refractivity contribution in [3.05, 3.63) is 261 Å². The molecule has 8 aromatic rings. The summed E-state index contributed by atoms with van der Waals surface area (Å²) in [7, 11) is 0. The molecule has 0 saturated heterocycles. The van der Waals surface area contributed by atoms with E-state index in [1.54, 1.807) is 0 Å². The molecule has 0 heteroatoms. The molecule has 8 rings (SSSR count). The average Bonchev–Trinajstić information content (AvgIpc) is 3.25. The summed E-state index contributed by atoms with van der Waals surface area (Å²) < 4.78 is 0. The highest BCUT2D eigenvalue weighted by Crippen LogP contribution is 2.31. The summed E-state index contributed by atoms with van der Waals surface area (Å²) in [4.78, 5) is 0. The normalized spacial score (nSPS) is 12.2. The van der Waals surface area contributed by atoms with E-state index in [0.29, 0.717) is 0 Å². The molecule has 0 heterocycles. The van der Waals surface area contributed by atoms with Crippen molar-refractivity contribution in [2.24, 2.45) is 0 Å². The summed E-state index contributed by atoms with van der Waals surface area (Å²) >= 11 is 0. The van der Waals surface area contributed by atoms with Gasteiger partial charge in [-0.1, -0.05) is 206 Å². The first-order valence-corrected chi connectivity index (χ1v) is 19.3. The Balaban J connectivity index is 1.04. The molecular weight excluding hydrogens is 673 g/mol. The summed E-state index contributed by atoms with van der Waals surface area (Å²) in [5.74, 6) is 0. The maximum atomic E-state index is 2.30. The molecule has 0 aliphatic carbocycles. The minimum absolute atomic E-state index is 1.16. The monoisotopic (exact) mass is 716 g/mol. The highest BCUT2D eigenvalue weighted by molar-refractivity contribution is 5.96. The van der Waals surface area contributed by atoms with Gasteiger partial charge in [0.1, 0.15) is 0 Å². The van der Waals surface area contributed by atoms with E-state index in [4.69, 9.17) is 0 Å². The lowest BCUT2D eigenvalue weighted by molar-refractivity contribution is 1.42. The summed E-state index contributed by atoms with van der Waals surface area (Å²) in [6, 6.07) is 69.4. The van der Waals surface area contributed by atoms with Gasteiger partial charge >= 0.3 is 0 Å². The van der Waals surface area contributed by atoms with Crippen LogP contribution in [0.3, 0.4) is 0 Å². The van der Waals surface area contributed by atoms with Crippen LogP contribution < -0.4 is 0 Å². The molecule has 0 saturated carbocycles. The predicted octanol–water partition coefficient (Wildman–Crippen LogP) is 15.0. The van der Waals surface area contributed by atoms with Crippen molar-refractivity contribution < 1.29 is 0 Å². The van der Waals surface area contributed by atoms with Gasteiger partial charge in [-0.3, -0.25) is 0 Å². The Morgan fingerprint density at radius 3 is 1.27 bits per heavy atom. The van der Waals surface area contributed by atoms with E-state index < -0.39 is 0 Å².